The quantitative estimate of drug-likeness (QED) is 0.674. The molecule has 1 N–H and O–H groups in total. The van der Waals surface area contributed by atoms with Crippen LogP contribution in [-0.4, -0.2) is 35.3 Å². The van der Waals surface area contributed by atoms with Crippen molar-refractivity contribution >= 4 is 10.8 Å². The number of rotatable bonds is 4. The van der Waals surface area contributed by atoms with Crippen LogP contribution in [0.15, 0.2) is 55.1 Å². The summed E-state index contributed by atoms with van der Waals surface area (Å²) in [5.41, 5.74) is 1.42. The lowest BCUT2D eigenvalue weighted by Gasteiger charge is -2.56. The zero-order chi connectivity index (χ0) is 15.9. The fourth-order valence-corrected chi connectivity index (χ4v) is 5.05. The van der Waals surface area contributed by atoms with E-state index in [-0.39, 0.29) is 0 Å². The number of hydrogen-bond donors (Lipinski definition) is 1. The van der Waals surface area contributed by atoms with Crippen molar-refractivity contribution < 1.29 is 9.59 Å². The summed E-state index contributed by atoms with van der Waals surface area (Å²) in [4.78, 5) is 0. The normalized spacial score (nSPS) is 33.0. The molecule has 3 aliphatic rings. The molecule has 3 heterocycles. The summed E-state index contributed by atoms with van der Waals surface area (Å²) in [6.07, 6.45) is 4.59. The smallest absolute Gasteiger partial charge is 0.113 e. The van der Waals surface area contributed by atoms with Crippen LogP contribution in [0.1, 0.15) is 18.4 Å². The Hall–Kier alpha value is -1.64. The van der Waals surface area contributed by atoms with Gasteiger partial charge in [-0.15, -0.1) is 6.58 Å². The van der Waals surface area contributed by atoms with E-state index in [4.69, 9.17) is 0 Å². The molecule has 0 radical (unpaired) electrons. The van der Waals surface area contributed by atoms with Crippen LogP contribution in [0.3, 0.4) is 0 Å². The highest BCUT2D eigenvalue weighted by atomic mass is 16.3. The number of hydrogen-bond acceptors (Lipinski definition) is 1. The van der Waals surface area contributed by atoms with Crippen LogP contribution in [0, 0.1) is 11.8 Å². The van der Waals surface area contributed by atoms with Gasteiger partial charge >= 0.3 is 0 Å². The highest BCUT2D eigenvalue weighted by Gasteiger charge is 2.50. The molecular formula is C21H26NO+. The van der Waals surface area contributed by atoms with E-state index >= 15 is 0 Å². The Balaban J connectivity index is 1.73. The summed E-state index contributed by atoms with van der Waals surface area (Å²) in [6, 6.07) is 15.7. The van der Waals surface area contributed by atoms with Gasteiger partial charge in [0.15, 0.2) is 0 Å². The number of aliphatic hydroxyl groups excluding tert-OH is 1. The Labute approximate surface area is 138 Å². The molecule has 5 rings (SSSR count). The lowest BCUT2D eigenvalue weighted by Crippen LogP contribution is -2.67. The van der Waals surface area contributed by atoms with Gasteiger partial charge in [0.25, 0.3) is 0 Å². The Bertz CT molecular complexity index is 719. The van der Waals surface area contributed by atoms with Crippen molar-refractivity contribution in [1.29, 1.82) is 0 Å². The second-order valence-electron chi connectivity index (χ2n) is 7.44. The molecule has 0 spiro atoms. The summed E-state index contributed by atoms with van der Waals surface area (Å²) < 4.78 is 1.04. The van der Waals surface area contributed by atoms with Gasteiger partial charge in [0, 0.05) is 24.3 Å². The van der Waals surface area contributed by atoms with Crippen molar-refractivity contribution in [2.24, 2.45) is 11.8 Å². The van der Waals surface area contributed by atoms with Crippen LogP contribution in [0.5, 0.6) is 0 Å². The topological polar surface area (TPSA) is 20.2 Å². The molecule has 3 aliphatic heterocycles. The molecular weight excluding hydrogens is 282 g/mol. The minimum atomic E-state index is 0.311. The first-order chi connectivity index (χ1) is 11.3. The predicted octanol–water partition coefficient (Wildman–Crippen LogP) is 3.74. The lowest BCUT2D eigenvalue weighted by atomic mass is 9.73. The molecule has 2 heteroatoms. The molecule has 0 aromatic heterocycles. The first-order valence-electron chi connectivity index (χ1n) is 8.81. The number of piperidine rings is 3. The maximum atomic E-state index is 9.99. The zero-order valence-corrected chi connectivity index (χ0v) is 13.7. The molecule has 3 fully saturated rings. The van der Waals surface area contributed by atoms with Crippen molar-refractivity contribution in [3.05, 3.63) is 60.7 Å². The Kier molecular flexibility index (Phi) is 3.74. The average molecular weight is 308 g/mol. The summed E-state index contributed by atoms with van der Waals surface area (Å²) in [5, 5.41) is 12.7. The van der Waals surface area contributed by atoms with Crippen molar-refractivity contribution in [1.82, 2.24) is 0 Å². The molecule has 2 unspecified atom stereocenters. The van der Waals surface area contributed by atoms with E-state index in [0.717, 1.165) is 29.9 Å². The summed E-state index contributed by atoms with van der Waals surface area (Å²) in [7, 11) is 0. The summed E-state index contributed by atoms with van der Waals surface area (Å²) in [5.74, 6) is 1.35. The van der Waals surface area contributed by atoms with E-state index in [0.29, 0.717) is 18.6 Å². The number of benzene rings is 2. The molecule has 2 aromatic rings. The van der Waals surface area contributed by atoms with Crippen LogP contribution in [0.25, 0.3) is 10.8 Å². The minimum Gasteiger partial charge on any atom is -0.390 e. The largest absolute Gasteiger partial charge is 0.390 e. The third kappa shape index (κ3) is 2.41. The lowest BCUT2D eigenvalue weighted by molar-refractivity contribution is -0.981. The molecule has 2 bridgehead atoms. The predicted molar refractivity (Wildman–Crippen MR) is 94.9 cm³/mol. The first-order valence-corrected chi connectivity index (χ1v) is 8.81. The van der Waals surface area contributed by atoms with Gasteiger partial charge in [0.05, 0.1) is 19.7 Å². The van der Waals surface area contributed by atoms with Crippen molar-refractivity contribution in [2.45, 2.75) is 25.4 Å². The minimum absolute atomic E-state index is 0.311. The summed E-state index contributed by atoms with van der Waals surface area (Å²) >= 11 is 0. The number of fused-ring (bicyclic) bond motifs is 4. The fraction of sp³-hybridized carbons (Fsp3) is 0.429. The van der Waals surface area contributed by atoms with Crippen molar-refractivity contribution in [3.8, 4) is 0 Å². The second kappa shape index (κ2) is 5.77. The van der Waals surface area contributed by atoms with Crippen LogP contribution in [0.2, 0.25) is 0 Å². The highest BCUT2D eigenvalue weighted by Crippen LogP contribution is 2.43. The van der Waals surface area contributed by atoms with E-state index in [2.05, 4.69) is 55.1 Å². The SMILES string of the molecule is C=C[C@H]1C[N+]2(Cc3cccc4ccccc34)CCC1C[C@@H]2CO. The molecule has 23 heavy (non-hydrogen) atoms. The maximum absolute atomic E-state index is 9.99. The van der Waals surface area contributed by atoms with Gasteiger partial charge in [-0.2, -0.15) is 0 Å². The summed E-state index contributed by atoms with van der Waals surface area (Å²) in [6.45, 7) is 7.75. The van der Waals surface area contributed by atoms with Gasteiger partial charge < -0.3 is 9.59 Å². The first kappa shape index (κ1) is 14.9. The fourth-order valence-electron chi connectivity index (χ4n) is 5.05. The van der Waals surface area contributed by atoms with E-state index in [1.807, 2.05) is 0 Å². The van der Waals surface area contributed by atoms with Crippen LogP contribution >= 0.6 is 0 Å². The maximum Gasteiger partial charge on any atom is 0.113 e. The van der Waals surface area contributed by atoms with Crippen LogP contribution in [0.4, 0.5) is 0 Å². The zero-order valence-electron chi connectivity index (χ0n) is 13.7. The van der Waals surface area contributed by atoms with E-state index < -0.39 is 0 Å². The highest BCUT2D eigenvalue weighted by molar-refractivity contribution is 5.85. The molecule has 0 saturated carbocycles. The number of nitrogens with zero attached hydrogens (tertiary/aromatic N) is 1. The molecule has 0 aliphatic carbocycles. The van der Waals surface area contributed by atoms with Gasteiger partial charge in [-0.25, -0.2) is 0 Å². The Morgan fingerprint density at radius 1 is 1.17 bits per heavy atom. The molecule has 120 valence electrons. The van der Waals surface area contributed by atoms with Gasteiger partial charge in [0.1, 0.15) is 12.6 Å². The third-order valence-electron chi connectivity index (χ3n) is 6.35. The molecule has 0 amide bonds. The van der Waals surface area contributed by atoms with Gasteiger partial charge in [0.2, 0.25) is 0 Å². The number of aliphatic hydroxyl groups is 1. The second-order valence-corrected chi connectivity index (χ2v) is 7.44. The molecule has 2 nitrogen and oxygen atoms in total. The monoisotopic (exact) mass is 308 g/mol. The Morgan fingerprint density at radius 3 is 2.83 bits per heavy atom. The third-order valence-corrected chi connectivity index (χ3v) is 6.35. The number of quaternary nitrogens is 1. The van der Waals surface area contributed by atoms with Gasteiger partial charge in [-0.1, -0.05) is 48.5 Å². The van der Waals surface area contributed by atoms with E-state index in [9.17, 15) is 5.11 Å². The molecule has 2 aromatic carbocycles. The molecule has 3 saturated heterocycles. The van der Waals surface area contributed by atoms with Gasteiger partial charge in [-0.05, 0) is 16.7 Å². The molecule has 4 atom stereocenters. The van der Waals surface area contributed by atoms with E-state index in [1.165, 1.54) is 29.3 Å². The van der Waals surface area contributed by atoms with Crippen LogP contribution in [-0.2, 0) is 6.54 Å². The van der Waals surface area contributed by atoms with Crippen molar-refractivity contribution in [2.75, 3.05) is 19.7 Å². The van der Waals surface area contributed by atoms with Gasteiger partial charge in [-0.3, -0.25) is 0 Å². The Morgan fingerprint density at radius 2 is 2.00 bits per heavy atom. The van der Waals surface area contributed by atoms with Crippen LogP contribution < -0.4 is 0 Å². The van der Waals surface area contributed by atoms with E-state index in [1.54, 1.807) is 0 Å². The average Bonchev–Trinajstić information content (AvgIpc) is 2.62. The standard InChI is InChI=1S/C21H26NO/c1-2-16-13-22(11-10-18(16)12-20(22)15-23)14-19-8-5-7-17-6-3-4-9-21(17)19/h2-9,16,18,20,23H,1,10-15H2/q+1/t16-,18?,20+,22?/m0/s1. The van der Waals surface area contributed by atoms with Crippen molar-refractivity contribution in [3.63, 3.8) is 0 Å².